The fraction of sp³-hybridized carbons (Fsp3) is 0.167. The van der Waals surface area contributed by atoms with Crippen molar-refractivity contribution in [1.82, 2.24) is 4.98 Å². The fourth-order valence-electron chi connectivity index (χ4n) is 3.97. The quantitative estimate of drug-likeness (QED) is 0.302. The second-order valence-electron chi connectivity index (χ2n) is 8.53. The average Bonchev–Trinajstić information content (AvgIpc) is 2.90. The van der Waals surface area contributed by atoms with Crippen molar-refractivity contribution in [3.8, 4) is 5.75 Å². The Morgan fingerprint density at radius 1 is 0.889 bits per heavy atom. The Balaban J connectivity index is 1.38. The fourth-order valence-corrected chi connectivity index (χ4v) is 3.97. The number of ether oxygens (including phenoxy) is 1. The van der Waals surface area contributed by atoms with E-state index in [1.807, 2.05) is 73.7 Å². The number of benzene rings is 3. The molecule has 4 aromatic rings. The number of nitrogens with one attached hydrogen (secondary N) is 1. The van der Waals surface area contributed by atoms with E-state index in [9.17, 15) is 14.7 Å². The number of nitrogens with zero attached hydrogens (tertiary/aromatic N) is 1. The van der Waals surface area contributed by atoms with Gasteiger partial charge in [0.15, 0.2) is 0 Å². The lowest BCUT2D eigenvalue weighted by Gasteiger charge is -2.16. The molecule has 1 unspecified atom stereocenters. The number of aromatic carboxylic acids is 1. The zero-order valence-electron chi connectivity index (χ0n) is 20.1. The Morgan fingerprint density at radius 2 is 1.56 bits per heavy atom. The number of aromatic nitrogens is 1. The Kier molecular flexibility index (Phi) is 8.08. The van der Waals surface area contributed by atoms with Gasteiger partial charge in [-0.05, 0) is 65.6 Å². The van der Waals surface area contributed by atoms with E-state index in [1.165, 1.54) is 5.56 Å². The van der Waals surface area contributed by atoms with Crippen LogP contribution in [0.4, 0.5) is 5.69 Å². The molecule has 0 saturated heterocycles. The molecule has 0 fully saturated rings. The number of carboxylic acids is 1. The van der Waals surface area contributed by atoms with E-state index in [1.54, 1.807) is 30.6 Å². The van der Waals surface area contributed by atoms with Crippen LogP contribution in [0.5, 0.6) is 5.75 Å². The maximum Gasteiger partial charge on any atom is 0.335 e. The molecule has 0 spiro atoms. The van der Waals surface area contributed by atoms with Gasteiger partial charge < -0.3 is 15.2 Å². The Hall–Kier alpha value is -4.45. The lowest BCUT2D eigenvalue weighted by Crippen LogP contribution is -2.20. The van der Waals surface area contributed by atoms with Crippen molar-refractivity contribution in [3.63, 3.8) is 0 Å². The molecule has 1 aromatic heterocycles. The van der Waals surface area contributed by atoms with Gasteiger partial charge in [0.05, 0.1) is 18.1 Å². The third-order valence-corrected chi connectivity index (χ3v) is 6.09. The molecule has 1 heterocycles. The molecule has 0 saturated carbocycles. The van der Waals surface area contributed by atoms with Gasteiger partial charge in [-0.2, -0.15) is 0 Å². The van der Waals surface area contributed by atoms with Gasteiger partial charge in [-0.15, -0.1) is 0 Å². The Labute approximate surface area is 210 Å². The number of carbonyl (C=O) groups excluding carboxylic acids is 1. The molecule has 1 amide bonds. The van der Waals surface area contributed by atoms with E-state index >= 15 is 0 Å². The first-order valence-corrected chi connectivity index (χ1v) is 11.8. The molecule has 1 atom stereocenters. The molecule has 4 rings (SSSR count). The molecule has 6 nitrogen and oxygen atoms in total. The SMILES string of the molecule is CC(C(=O)Nc1ccccc1Cc1ccccc1C(=O)O)c1ccc(OCCc2ccncc2)cc1. The highest BCUT2D eigenvalue weighted by atomic mass is 16.5. The molecule has 182 valence electrons. The van der Waals surface area contributed by atoms with Crippen LogP contribution in [-0.2, 0) is 17.6 Å². The molecule has 0 aliphatic heterocycles. The molecular weight excluding hydrogens is 452 g/mol. The van der Waals surface area contributed by atoms with Gasteiger partial charge in [-0.3, -0.25) is 9.78 Å². The molecule has 0 aliphatic carbocycles. The molecule has 0 radical (unpaired) electrons. The van der Waals surface area contributed by atoms with E-state index in [0.29, 0.717) is 24.3 Å². The number of carbonyl (C=O) groups is 2. The lowest BCUT2D eigenvalue weighted by molar-refractivity contribution is -0.117. The molecular formula is C30H28N2O4. The van der Waals surface area contributed by atoms with Crippen LogP contribution >= 0.6 is 0 Å². The number of rotatable bonds is 10. The van der Waals surface area contributed by atoms with Crippen molar-refractivity contribution in [3.05, 3.63) is 125 Å². The number of hydrogen-bond donors (Lipinski definition) is 2. The molecule has 0 bridgehead atoms. The van der Waals surface area contributed by atoms with E-state index in [0.717, 1.165) is 23.3 Å². The average molecular weight is 481 g/mol. The first kappa shape index (κ1) is 24.7. The Bertz CT molecular complexity index is 1320. The summed E-state index contributed by atoms with van der Waals surface area (Å²) in [5.74, 6) is -0.732. The van der Waals surface area contributed by atoms with Crippen LogP contribution in [0, 0.1) is 0 Å². The van der Waals surface area contributed by atoms with Crippen molar-refractivity contribution in [2.45, 2.75) is 25.7 Å². The normalized spacial score (nSPS) is 11.5. The topological polar surface area (TPSA) is 88.5 Å². The largest absolute Gasteiger partial charge is 0.493 e. The summed E-state index contributed by atoms with van der Waals surface area (Å²) >= 11 is 0. The zero-order chi connectivity index (χ0) is 25.3. The number of amides is 1. The first-order chi connectivity index (χ1) is 17.5. The van der Waals surface area contributed by atoms with Crippen molar-refractivity contribution >= 4 is 17.6 Å². The van der Waals surface area contributed by atoms with Crippen LogP contribution in [0.2, 0.25) is 0 Å². The van der Waals surface area contributed by atoms with Crippen molar-refractivity contribution in [2.24, 2.45) is 0 Å². The first-order valence-electron chi connectivity index (χ1n) is 11.8. The van der Waals surface area contributed by atoms with Crippen LogP contribution in [0.3, 0.4) is 0 Å². The highest BCUT2D eigenvalue weighted by molar-refractivity contribution is 5.96. The minimum absolute atomic E-state index is 0.139. The van der Waals surface area contributed by atoms with E-state index in [2.05, 4.69) is 10.3 Å². The van der Waals surface area contributed by atoms with Crippen molar-refractivity contribution in [2.75, 3.05) is 11.9 Å². The summed E-state index contributed by atoms with van der Waals surface area (Å²) in [4.78, 5) is 28.7. The summed E-state index contributed by atoms with van der Waals surface area (Å²) < 4.78 is 5.84. The standard InChI is InChI=1S/C30H28N2O4/c1-21(23-10-12-26(13-11-23)36-19-16-22-14-17-31-18-15-22)29(33)32-28-9-5-3-7-25(28)20-24-6-2-4-8-27(24)30(34)35/h2-15,17-18,21H,16,19-20H2,1H3,(H,32,33)(H,34,35). The maximum atomic E-state index is 13.1. The summed E-state index contributed by atoms with van der Waals surface area (Å²) in [6, 6.07) is 25.9. The number of hydrogen-bond acceptors (Lipinski definition) is 4. The van der Waals surface area contributed by atoms with Crippen LogP contribution in [0.1, 0.15) is 45.5 Å². The summed E-state index contributed by atoms with van der Waals surface area (Å²) in [7, 11) is 0. The highest BCUT2D eigenvalue weighted by Crippen LogP contribution is 2.25. The van der Waals surface area contributed by atoms with Gasteiger partial charge in [-0.1, -0.05) is 48.5 Å². The van der Waals surface area contributed by atoms with Gasteiger partial charge >= 0.3 is 5.97 Å². The van der Waals surface area contributed by atoms with Crippen LogP contribution < -0.4 is 10.1 Å². The summed E-state index contributed by atoms with van der Waals surface area (Å²) in [5.41, 5.74) is 4.52. The second kappa shape index (κ2) is 11.8. The lowest BCUT2D eigenvalue weighted by atomic mass is 9.97. The second-order valence-corrected chi connectivity index (χ2v) is 8.53. The third-order valence-electron chi connectivity index (χ3n) is 6.09. The van der Waals surface area contributed by atoms with E-state index in [4.69, 9.17) is 4.74 Å². The number of carboxylic acid groups (broad SMARTS) is 1. The predicted octanol–water partition coefficient (Wildman–Crippen LogP) is 5.73. The van der Waals surface area contributed by atoms with Crippen LogP contribution in [-0.4, -0.2) is 28.6 Å². The molecule has 2 N–H and O–H groups in total. The summed E-state index contributed by atoms with van der Waals surface area (Å²) in [5, 5.41) is 12.5. The van der Waals surface area contributed by atoms with Gasteiger partial charge in [-0.25, -0.2) is 4.79 Å². The zero-order valence-corrected chi connectivity index (χ0v) is 20.1. The number of pyridine rings is 1. The van der Waals surface area contributed by atoms with Gasteiger partial charge in [0.1, 0.15) is 5.75 Å². The van der Waals surface area contributed by atoms with Gasteiger partial charge in [0.25, 0.3) is 0 Å². The monoisotopic (exact) mass is 480 g/mol. The minimum Gasteiger partial charge on any atom is -0.493 e. The number of para-hydroxylation sites is 1. The Morgan fingerprint density at radius 3 is 2.28 bits per heavy atom. The van der Waals surface area contributed by atoms with Crippen molar-refractivity contribution in [1.29, 1.82) is 0 Å². The maximum absolute atomic E-state index is 13.1. The van der Waals surface area contributed by atoms with Crippen molar-refractivity contribution < 1.29 is 19.4 Å². The van der Waals surface area contributed by atoms with Crippen LogP contribution in [0.25, 0.3) is 0 Å². The van der Waals surface area contributed by atoms with Crippen LogP contribution in [0.15, 0.2) is 97.3 Å². The summed E-state index contributed by atoms with van der Waals surface area (Å²) in [6.07, 6.45) is 4.73. The molecule has 6 heteroatoms. The molecule has 0 aliphatic rings. The van der Waals surface area contributed by atoms with Gasteiger partial charge in [0, 0.05) is 30.9 Å². The molecule has 3 aromatic carbocycles. The smallest absolute Gasteiger partial charge is 0.335 e. The predicted molar refractivity (Wildman–Crippen MR) is 140 cm³/mol. The van der Waals surface area contributed by atoms with E-state index in [-0.39, 0.29) is 17.4 Å². The van der Waals surface area contributed by atoms with E-state index < -0.39 is 5.97 Å². The summed E-state index contributed by atoms with van der Waals surface area (Å²) in [6.45, 7) is 2.41. The molecule has 36 heavy (non-hydrogen) atoms. The van der Waals surface area contributed by atoms with Gasteiger partial charge in [0.2, 0.25) is 5.91 Å². The number of anilines is 1. The minimum atomic E-state index is -0.967. The third kappa shape index (κ3) is 6.36. The highest BCUT2D eigenvalue weighted by Gasteiger charge is 2.18.